The van der Waals surface area contributed by atoms with Crippen molar-refractivity contribution in [2.24, 2.45) is 0 Å². The Balaban J connectivity index is 1.31. The average Bonchev–Trinajstić information content (AvgIpc) is 3.54. The van der Waals surface area contributed by atoms with Gasteiger partial charge in [0.25, 0.3) is 5.89 Å². The lowest BCUT2D eigenvalue weighted by Crippen LogP contribution is -2.18. The van der Waals surface area contributed by atoms with E-state index in [0.29, 0.717) is 18.4 Å². The number of nitrogens with one attached hydrogen (secondary N) is 1. The van der Waals surface area contributed by atoms with Crippen molar-refractivity contribution in [2.75, 3.05) is 11.1 Å². The highest BCUT2D eigenvalue weighted by molar-refractivity contribution is 7.91. The van der Waals surface area contributed by atoms with E-state index in [0.717, 1.165) is 24.3 Å². The molecule has 1 heterocycles. The van der Waals surface area contributed by atoms with Crippen LogP contribution in [0.2, 0.25) is 0 Å². The van der Waals surface area contributed by atoms with Gasteiger partial charge in [0, 0.05) is 16.8 Å². The molecule has 3 aromatic carbocycles. The number of alkyl halides is 3. The van der Waals surface area contributed by atoms with Crippen LogP contribution in [-0.4, -0.2) is 30.2 Å². The maximum atomic E-state index is 15.2. The summed E-state index contributed by atoms with van der Waals surface area (Å²) in [4.78, 5) is 16.8. The standard InChI is InChI=1S/C28H22F5N3O4S/c1-2-41(38,39)20-9-3-16(4-10-20)13-23(37)34-19-14-21(29)24(22(30)15-19)27(11-12-27)26-35-25(40-36-26)17-5-7-18(8-6-17)28(31,32)33/h3-10,14-15H,2,11-13H2,1H3,(H,34,37). The summed E-state index contributed by atoms with van der Waals surface area (Å²) in [5.41, 5.74) is -1.76. The summed E-state index contributed by atoms with van der Waals surface area (Å²) < 4.78 is 98.1. The summed E-state index contributed by atoms with van der Waals surface area (Å²) in [6.45, 7) is 1.52. The van der Waals surface area contributed by atoms with Crippen LogP contribution in [0.25, 0.3) is 11.5 Å². The van der Waals surface area contributed by atoms with Gasteiger partial charge in [0.05, 0.1) is 28.0 Å². The molecule has 0 radical (unpaired) electrons. The first-order valence-corrected chi connectivity index (χ1v) is 14.1. The van der Waals surface area contributed by atoms with Gasteiger partial charge in [0.1, 0.15) is 11.6 Å². The van der Waals surface area contributed by atoms with Crippen LogP contribution in [0.15, 0.2) is 70.1 Å². The maximum absolute atomic E-state index is 15.2. The highest BCUT2D eigenvalue weighted by Gasteiger charge is 2.53. The number of sulfone groups is 1. The Morgan fingerprint density at radius 2 is 1.61 bits per heavy atom. The number of aromatic nitrogens is 2. The number of amides is 1. The van der Waals surface area contributed by atoms with Crippen molar-refractivity contribution >= 4 is 21.4 Å². The normalized spacial score (nSPS) is 14.6. The largest absolute Gasteiger partial charge is 0.416 e. The Morgan fingerprint density at radius 3 is 2.15 bits per heavy atom. The second-order valence-corrected chi connectivity index (χ2v) is 11.9. The molecule has 13 heteroatoms. The summed E-state index contributed by atoms with van der Waals surface area (Å²) in [6.07, 6.45) is -4.05. The minimum atomic E-state index is -4.51. The van der Waals surface area contributed by atoms with Gasteiger partial charge in [-0.1, -0.05) is 24.2 Å². The van der Waals surface area contributed by atoms with E-state index < -0.39 is 44.5 Å². The first-order chi connectivity index (χ1) is 19.3. The van der Waals surface area contributed by atoms with Gasteiger partial charge in [0.2, 0.25) is 5.91 Å². The number of benzene rings is 3. The second kappa shape index (κ2) is 10.4. The molecule has 4 aromatic rings. The molecular weight excluding hydrogens is 569 g/mol. The van der Waals surface area contributed by atoms with E-state index in [1.54, 1.807) is 0 Å². The van der Waals surface area contributed by atoms with Crippen LogP contribution in [0.4, 0.5) is 27.6 Å². The van der Waals surface area contributed by atoms with Gasteiger partial charge < -0.3 is 9.84 Å². The topological polar surface area (TPSA) is 102 Å². The third-order valence-electron chi connectivity index (χ3n) is 6.89. The van der Waals surface area contributed by atoms with Crippen LogP contribution >= 0.6 is 0 Å². The fraction of sp³-hybridized carbons (Fsp3) is 0.250. The molecule has 214 valence electrons. The zero-order valence-corrected chi connectivity index (χ0v) is 22.2. The van der Waals surface area contributed by atoms with E-state index in [9.17, 15) is 26.4 Å². The lowest BCUT2D eigenvalue weighted by Gasteiger charge is -2.15. The van der Waals surface area contributed by atoms with E-state index in [1.165, 1.54) is 43.3 Å². The molecule has 5 rings (SSSR count). The van der Waals surface area contributed by atoms with Crippen LogP contribution in [0, 0.1) is 11.6 Å². The quantitative estimate of drug-likeness (QED) is 0.249. The number of rotatable bonds is 8. The lowest BCUT2D eigenvalue weighted by molar-refractivity contribution is -0.137. The number of carbonyl (C=O) groups excluding carboxylic acids is 1. The Hall–Kier alpha value is -4.13. The van der Waals surface area contributed by atoms with Crippen molar-refractivity contribution in [3.63, 3.8) is 0 Å². The van der Waals surface area contributed by atoms with Gasteiger partial charge in [-0.2, -0.15) is 18.2 Å². The SMILES string of the molecule is CCS(=O)(=O)c1ccc(CC(=O)Nc2cc(F)c(C3(c4noc(-c5ccc(C(F)(F)F)cc5)n4)CC3)c(F)c2)cc1. The van der Waals surface area contributed by atoms with Crippen molar-refractivity contribution in [2.45, 2.75) is 42.7 Å². The van der Waals surface area contributed by atoms with Crippen LogP contribution < -0.4 is 5.32 Å². The molecular formula is C28H22F5N3O4S. The molecule has 41 heavy (non-hydrogen) atoms. The number of carbonyl (C=O) groups is 1. The predicted molar refractivity (Wildman–Crippen MR) is 138 cm³/mol. The third-order valence-corrected chi connectivity index (χ3v) is 8.65. The first-order valence-electron chi connectivity index (χ1n) is 12.5. The number of nitrogens with zero attached hydrogens (tertiary/aromatic N) is 2. The van der Waals surface area contributed by atoms with Gasteiger partial charge in [-0.05, 0) is 66.9 Å². The smallest absolute Gasteiger partial charge is 0.334 e. The molecule has 0 aliphatic heterocycles. The molecule has 0 bridgehead atoms. The monoisotopic (exact) mass is 591 g/mol. The third kappa shape index (κ3) is 5.71. The van der Waals surface area contributed by atoms with Gasteiger partial charge >= 0.3 is 6.18 Å². The van der Waals surface area contributed by atoms with E-state index >= 15 is 8.78 Å². The van der Waals surface area contributed by atoms with E-state index in [4.69, 9.17) is 4.52 Å². The van der Waals surface area contributed by atoms with E-state index in [1.807, 2.05) is 0 Å². The number of hydrogen-bond donors (Lipinski definition) is 1. The van der Waals surface area contributed by atoms with Crippen molar-refractivity contribution < 1.29 is 39.7 Å². The molecule has 1 aliphatic carbocycles. The van der Waals surface area contributed by atoms with Gasteiger partial charge in [-0.25, -0.2) is 17.2 Å². The van der Waals surface area contributed by atoms with Crippen LogP contribution in [0.3, 0.4) is 0 Å². The summed E-state index contributed by atoms with van der Waals surface area (Å²) in [5.74, 6) is -2.60. The summed E-state index contributed by atoms with van der Waals surface area (Å²) in [5, 5.41) is 6.29. The molecule has 0 saturated heterocycles. The van der Waals surface area contributed by atoms with Crippen LogP contribution in [-0.2, 0) is 32.6 Å². The highest BCUT2D eigenvalue weighted by Crippen LogP contribution is 2.54. The zero-order valence-electron chi connectivity index (χ0n) is 21.4. The Bertz CT molecular complexity index is 1690. The Kier molecular flexibility index (Phi) is 7.18. The molecule has 1 aromatic heterocycles. The number of halogens is 5. The maximum Gasteiger partial charge on any atom is 0.416 e. The summed E-state index contributed by atoms with van der Waals surface area (Å²) in [7, 11) is -3.39. The summed E-state index contributed by atoms with van der Waals surface area (Å²) >= 11 is 0. The summed E-state index contributed by atoms with van der Waals surface area (Å²) in [6, 6.07) is 11.8. The van der Waals surface area contributed by atoms with Crippen LogP contribution in [0.5, 0.6) is 0 Å². The van der Waals surface area contributed by atoms with E-state index in [-0.39, 0.29) is 45.6 Å². The fourth-order valence-electron chi connectivity index (χ4n) is 4.52. The van der Waals surface area contributed by atoms with Crippen molar-refractivity contribution in [1.82, 2.24) is 10.1 Å². The average molecular weight is 592 g/mol. The van der Waals surface area contributed by atoms with Crippen molar-refractivity contribution in [1.29, 1.82) is 0 Å². The van der Waals surface area contributed by atoms with Crippen LogP contribution in [0.1, 0.15) is 42.3 Å². The molecule has 1 N–H and O–H groups in total. The molecule has 7 nitrogen and oxygen atoms in total. The Morgan fingerprint density at radius 1 is 1.00 bits per heavy atom. The fourth-order valence-corrected chi connectivity index (χ4v) is 5.41. The van der Waals surface area contributed by atoms with Crippen molar-refractivity contribution in [3.8, 4) is 11.5 Å². The minimum Gasteiger partial charge on any atom is -0.334 e. The molecule has 0 spiro atoms. The van der Waals surface area contributed by atoms with Crippen molar-refractivity contribution in [3.05, 3.63) is 94.8 Å². The van der Waals surface area contributed by atoms with Gasteiger partial charge in [-0.15, -0.1) is 0 Å². The zero-order chi connectivity index (χ0) is 29.6. The number of hydrogen-bond acceptors (Lipinski definition) is 6. The Labute approximate surface area is 231 Å². The van der Waals surface area contributed by atoms with E-state index in [2.05, 4.69) is 15.5 Å². The van der Waals surface area contributed by atoms with Gasteiger partial charge in [0.15, 0.2) is 15.7 Å². The lowest BCUT2D eigenvalue weighted by atomic mass is 9.93. The highest BCUT2D eigenvalue weighted by atomic mass is 32.2. The molecule has 1 aliphatic rings. The first kappa shape index (κ1) is 28.4. The number of anilines is 1. The molecule has 0 unspecified atom stereocenters. The molecule has 0 atom stereocenters. The molecule has 1 amide bonds. The molecule has 1 saturated carbocycles. The minimum absolute atomic E-state index is 0.00415. The molecule has 1 fully saturated rings. The second-order valence-electron chi connectivity index (χ2n) is 9.67. The predicted octanol–water partition coefficient (Wildman–Crippen LogP) is 6.09. The van der Waals surface area contributed by atoms with Gasteiger partial charge in [-0.3, -0.25) is 4.79 Å².